The molecule has 1 aliphatic rings. The molecule has 96 valence electrons. The minimum absolute atomic E-state index is 0.323. The standard InChI is InChI=1S/C11H13N3O3S/c15-9(8-1-4-12-13-7-8)14-11(10(16)17)2-5-18-6-3-11/h1,4,7H,2-3,5-6H2,(H,14,15)(H,16,17). The molecule has 2 N–H and O–H groups in total. The first-order valence-corrected chi connectivity index (χ1v) is 6.70. The number of amides is 1. The van der Waals surface area contributed by atoms with Crippen LogP contribution in [0.3, 0.4) is 0 Å². The number of hydrogen-bond acceptors (Lipinski definition) is 5. The van der Waals surface area contributed by atoms with Gasteiger partial charge in [-0.15, -0.1) is 0 Å². The molecular formula is C11H13N3O3S. The van der Waals surface area contributed by atoms with Crippen LogP contribution in [0.25, 0.3) is 0 Å². The van der Waals surface area contributed by atoms with Crippen LogP contribution in [-0.4, -0.2) is 44.2 Å². The van der Waals surface area contributed by atoms with E-state index in [9.17, 15) is 14.7 Å². The van der Waals surface area contributed by atoms with Crippen molar-refractivity contribution in [2.45, 2.75) is 18.4 Å². The molecule has 0 radical (unpaired) electrons. The van der Waals surface area contributed by atoms with Gasteiger partial charge < -0.3 is 10.4 Å². The number of carboxylic acids is 1. The fourth-order valence-corrected chi connectivity index (χ4v) is 3.02. The molecule has 2 rings (SSSR count). The maximum atomic E-state index is 12.0. The van der Waals surface area contributed by atoms with E-state index in [1.54, 1.807) is 11.8 Å². The number of rotatable bonds is 3. The molecule has 0 unspecified atom stereocenters. The molecule has 1 aliphatic heterocycles. The van der Waals surface area contributed by atoms with Crippen molar-refractivity contribution in [3.05, 3.63) is 24.0 Å². The molecule has 7 heteroatoms. The third kappa shape index (κ3) is 2.61. The molecule has 0 aromatic carbocycles. The van der Waals surface area contributed by atoms with Crippen molar-refractivity contribution in [2.24, 2.45) is 0 Å². The average molecular weight is 267 g/mol. The van der Waals surface area contributed by atoms with Crippen molar-refractivity contribution in [1.82, 2.24) is 15.5 Å². The van der Waals surface area contributed by atoms with Gasteiger partial charge in [0.2, 0.25) is 0 Å². The Bertz CT molecular complexity index is 446. The number of carbonyl (C=O) groups is 2. The molecule has 18 heavy (non-hydrogen) atoms. The zero-order valence-electron chi connectivity index (χ0n) is 9.63. The highest BCUT2D eigenvalue weighted by atomic mass is 32.2. The summed E-state index contributed by atoms with van der Waals surface area (Å²) in [5.74, 6) is 0.0832. The van der Waals surface area contributed by atoms with E-state index in [1.807, 2.05) is 0 Å². The first-order valence-electron chi connectivity index (χ1n) is 5.54. The van der Waals surface area contributed by atoms with Gasteiger partial charge in [-0.1, -0.05) is 0 Å². The lowest BCUT2D eigenvalue weighted by Crippen LogP contribution is -2.56. The van der Waals surface area contributed by atoms with Gasteiger partial charge in [0.25, 0.3) is 5.91 Å². The maximum Gasteiger partial charge on any atom is 0.329 e. The molecule has 0 atom stereocenters. The highest BCUT2D eigenvalue weighted by Gasteiger charge is 2.41. The second kappa shape index (κ2) is 5.34. The molecule has 6 nitrogen and oxygen atoms in total. The van der Waals surface area contributed by atoms with Crippen LogP contribution in [0.5, 0.6) is 0 Å². The average Bonchev–Trinajstić information content (AvgIpc) is 2.40. The van der Waals surface area contributed by atoms with Crippen LogP contribution < -0.4 is 5.32 Å². The predicted molar refractivity (Wildman–Crippen MR) is 66.4 cm³/mol. The van der Waals surface area contributed by atoms with E-state index in [1.165, 1.54) is 18.5 Å². The Morgan fingerprint density at radius 1 is 1.33 bits per heavy atom. The quantitative estimate of drug-likeness (QED) is 0.831. The van der Waals surface area contributed by atoms with Gasteiger partial charge in [-0.05, 0) is 30.4 Å². The lowest BCUT2D eigenvalue weighted by atomic mass is 9.92. The molecule has 1 saturated heterocycles. The van der Waals surface area contributed by atoms with Crippen LogP contribution in [0, 0.1) is 0 Å². The molecule has 1 aromatic rings. The summed E-state index contributed by atoms with van der Waals surface area (Å²) in [6.07, 6.45) is 3.61. The van der Waals surface area contributed by atoms with Crippen molar-refractivity contribution < 1.29 is 14.7 Å². The molecule has 1 aromatic heterocycles. The number of nitrogens with zero attached hydrogens (tertiary/aromatic N) is 2. The van der Waals surface area contributed by atoms with Crippen molar-refractivity contribution in [1.29, 1.82) is 0 Å². The maximum absolute atomic E-state index is 12.0. The van der Waals surface area contributed by atoms with E-state index in [4.69, 9.17) is 0 Å². The summed E-state index contributed by atoms with van der Waals surface area (Å²) in [6.45, 7) is 0. The molecule has 1 amide bonds. The summed E-state index contributed by atoms with van der Waals surface area (Å²) in [5, 5.41) is 19.1. The number of aliphatic carboxylic acids is 1. The van der Waals surface area contributed by atoms with Crippen molar-refractivity contribution in [3.8, 4) is 0 Å². The first kappa shape index (κ1) is 12.8. The lowest BCUT2D eigenvalue weighted by molar-refractivity contribution is -0.144. The highest BCUT2D eigenvalue weighted by molar-refractivity contribution is 7.99. The fraction of sp³-hybridized carbons (Fsp3) is 0.455. The Morgan fingerprint density at radius 3 is 2.61 bits per heavy atom. The topological polar surface area (TPSA) is 92.2 Å². The van der Waals surface area contributed by atoms with E-state index in [2.05, 4.69) is 15.5 Å². The first-order chi connectivity index (χ1) is 8.64. The fourth-order valence-electron chi connectivity index (χ4n) is 1.83. The van der Waals surface area contributed by atoms with Gasteiger partial charge in [0.15, 0.2) is 0 Å². The van der Waals surface area contributed by atoms with Gasteiger partial charge in [-0.3, -0.25) is 4.79 Å². The summed E-state index contributed by atoms with van der Waals surface area (Å²) >= 11 is 1.70. The SMILES string of the molecule is O=C(NC1(C(=O)O)CCSCC1)c1ccnnc1. The zero-order valence-corrected chi connectivity index (χ0v) is 10.4. The third-order valence-corrected chi connectivity index (χ3v) is 3.94. The van der Waals surface area contributed by atoms with Gasteiger partial charge in [0, 0.05) is 0 Å². The molecular weight excluding hydrogens is 254 g/mol. The van der Waals surface area contributed by atoms with E-state index >= 15 is 0 Å². The molecule has 1 fully saturated rings. The Morgan fingerprint density at radius 2 is 2.06 bits per heavy atom. The smallest absolute Gasteiger partial charge is 0.329 e. The number of thioether (sulfide) groups is 1. The summed E-state index contributed by atoms with van der Waals surface area (Å²) in [4.78, 5) is 23.4. The van der Waals surface area contributed by atoms with Crippen LogP contribution >= 0.6 is 11.8 Å². The van der Waals surface area contributed by atoms with Gasteiger partial charge in [0.1, 0.15) is 5.54 Å². The van der Waals surface area contributed by atoms with Crippen LogP contribution in [0.15, 0.2) is 18.5 Å². The molecule has 0 spiro atoms. The Kier molecular flexibility index (Phi) is 3.81. The summed E-state index contributed by atoms with van der Waals surface area (Å²) in [5.41, 5.74) is -0.824. The van der Waals surface area contributed by atoms with Gasteiger partial charge in [-0.2, -0.15) is 22.0 Å². The van der Waals surface area contributed by atoms with Crippen molar-refractivity contribution in [3.63, 3.8) is 0 Å². The lowest BCUT2D eigenvalue weighted by Gasteiger charge is -2.33. The van der Waals surface area contributed by atoms with Crippen LogP contribution in [0.2, 0.25) is 0 Å². The molecule has 0 aliphatic carbocycles. The number of carboxylic acid groups (broad SMARTS) is 1. The minimum atomic E-state index is -1.15. The second-order valence-electron chi connectivity index (χ2n) is 4.08. The van der Waals surface area contributed by atoms with Gasteiger partial charge in [-0.25, -0.2) is 4.79 Å². The summed E-state index contributed by atoms with van der Waals surface area (Å²) < 4.78 is 0. The van der Waals surface area contributed by atoms with E-state index in [-0.39, 0.29) is 0 Å². The Labute approximate surface area is 108 Å². The van der Waals surface area contributed by atoms with E-state index < -0.39 is 17.4 Å². The van der Waals surface area contributed by atoms with Crippen LogP contribution in [-0.2, 0) is 4.79 Å². The molecule has 0 saturated carbocycles. The van der Waals surface area contributed by atoms with E-state index in [0.29, 0.717) is 18.4 Å². The number of hydrogen-bond donors (Lipinski definition) is 2. The normalized spacial score (nSPS) is 18.0. The number of aromatic nitrogens is 2. The van der Waals surface area contributed by atoms with Crippen molar-refractivity contribution in [2.75, 3.05) is 11.5 Å². The Balaban J connectivity index is 2.15. The van der Waals surface area contributed by atoms with Crippen LogP contribution in [0.1, 0.15) is 23.2 Å². The largest absolute Gasteiger partial charge is 0.480 e. The molecule has 0 bridgehead atoms. The minimum Gasteiger partial charge on any atom is -0.480 e. The van der Waals surface area contributed by atoms with Crippen molar-refractivity contribution >= 4 is 23.6 Å². The highest BCUT2D eigenvalue weighted by Crippen LogP contribution is 2.27. The third-order valence-electron chi connectivity index (χ3n) is 2.95. The van der Waals surface area contributed by atoms with Gasteiger partial charge in [0.05, 0.1) is 18.0 Å². The zero-order chi connectivity index (χ0) is 13.0. The summed E-state index contributed by atoms with van der Waals surface area (Å²) in [7, 11) is 0. The number of nitrogens with one attached hydrogen (secondary N) is 1. The van der Waals surface area contributed by atoms with E-state index in [0.717, 1.165) is 11.5 Å². The summed E-state index contributed by atoms with van der Waals surface area (Å²) in [6, 6.07) is 1.51. The Hall–Kier alpha value is -1.63. The van der Waals surface area contributed by atoms with Gasteiger partial charge >= 0.3 is 5.97 Å². The second-order valence-corrected chi connectivity index (χ2v) is 5.31. The monoisotopic (exact) mass is 267 g/mol. The van der Waals surface area contributed by atoms with Crippen LogP contribution in [0.4, 0.5) is 0 Å². The number of carbonyl (C=O) groups excluding carboxylic acids is 1. The molecule has 2 heterocycles. The predicted octanol–water partition coefficient (Wildman–Crippen LogP) is 0.557.